The average Bonchev–Trinajstić information content (AvgIpc) is 2.60. The van der Waals surface area contributed by atoms with Gasteiger partial charge in [-0.2, -0.15) is 0 Å². The Kier molecular flexibility index (Phi) is 6.95. The van der Waals surface area contributed by atoms with Gasteiger partial charge in [0.15, 0.2) is 5.78 Å². The minimum absolute atomic E-state index is 0.000465. The number of piperidine rings is 1. The molecule has 0 unspecified atom stereocenters. The molecule has 1 aliphatic heterocycles. The van der Waals surface area contributed by atoms with Crippen molar-refractivity contribution in [1.82, 2.24) is 10.4 Å². The molecule has 0 radical (unpaired) electrons. The summed E-state index contributed by atoms with van der Waals surface area (Å²) in [6.45, 7) is 3.13. The Bertz CT molecular complexity index is 696. The molecule has 0 amide bonds. The molecule has 7 nitrogen and oxygen atoms in total. The first kappa shape index (κ1) is 19.4. The van der Waals surface area contributed by atoms with Crippen LogP contribution in [0.4, 0.5) is 0 Å². The number of hydrazine groups is 1. The summed E-state index contributed by atoms with van der Waals surface area (Å²) in [5, 5.41) is 1.81. The van der Waals surface area contributed by atoms with E-state index in [2.05, 4.69) is 9.82 Å². The van der Waals surface area contributed by atoms with Gasteiger partial charge in [0.2, 0.25) is 5.96 Å². The van der Waals surface area contributed by atoms with Gasteiger partial charge < -0.3 is 5.73 Å². The molecule has 0 atom stereocenters. The fourth-order valence-electron chi connectivity index (χ4n) is 2.80. The van der Waals surface area contributed by atoms with Crippen molar-refractivity contribution in [2.24, 2.45) is 16.0 Å². The minimum Gasteiger partial charge on any atom is -0.368 e. The molecule has 1 aromatic carbocycles. The molecule has 0 bridgehead atoms. The Morgan fingerprint density at radius 2 is 1.92 bits per heavy atom. The second kappa shape index (κ2) is 8.96. The van der Waals surface area contributed by atoms with Crippen molar-refractivity contribution in [3.8, 4) is 0 Å². The molecule has 1 fully saturated rings. The number of nitrogens with two attached hydrogens (primary N) is 1. The average molecular weight is 366 g/mol. The number of nitrogens with one attached hydrogen (secondary N) is 1. The third-order valence-electron chi connectivity index (χ3n) is 4.19. The summed E-state index contributed by atoms with van der Waals surface area (Å²) in [4.78, 5) is 12.4. The molecule has 1 aromatic rings. The van der Waals surface area contributed by atoms with Gasteiger partial charge in [0.1, 0.15) is 0 Å². The SMILES string of the molecule is CCCCS(=O)(=O)N=C(N)NN1CCC(C(=O)c2ccccc2)CC1. The number of unbranched alkanes of at least 4 members (excludes halogenated alkanes) is 1. The van der Waals surface area contributed by atoms with Gasteiger partial charge in [-0.15, -0.1) is 4.40 Å². The molecule has 138 valence electrons. The Morgan fingerprint density at radius 1 is 1.28 bits per heavy atom. The smallest absolute Gasteiger partial charge is 0.256 e. The van der Waals surface area contributed by atoms with E-state index < -0.39 is 10.0 Å². The first-order valence-corrected chi connectivity index (χ1v) is 10.2. The third-order valence-corrected chi connectivity index (χ3v) is 5.47. The van der Waals surface area contributed by atoms with Crippen LogP contribution in [0.15, 0.2) is 34.7 Å². The fraction of sp³-hybridized carbons (Fsp3) is 0.529. The number of rotatable bonds is 7. The summed E-state index contributed by atoms with van der Waals surface area (Å²) < 4.78 is 27.1. The number of hydrogen-bond acceptors (Lipinski definition) is 4. The van der Waals surface area contributed by atoms with E-state index in [-0.39, 0.29) is 23.4 Å². The van der Waals surface area contributed by atoms with Gasteiger partial charge >= 0.3 is 0 Å². The van der Waals surface area contributed by atoms with Crippen molar-refractivity contribution < 1.29 is 13.2 Å². The maximum Gasteiger partial charge on any atom is 0.256 e. The third kappa shape index (κ3) is 6.13. The van der Waals surface area contributed by atoms with Crippen LogP contribution in [-0.4, -0.2) is 44.0 Å². The molecule has 1 aliphatic rings. The number of sulfonamides is 1. The molecule has 8 heteroatoms. The van der Waals surface area contributed by atoms with Crippen molar-refractivity contribution in [2.75, 3.05) is 18.8 Å². The van der Waals surface area contributed by atoms with Crippen LogP contribution in [0.25, 0.3) is 0 Å². The largest absolute Gasteiger partial charge is 0.368 e. The van der Waals surface area contributed by atoms with Crippen LogP contribution in [0.2, 0.25) is 0 Å². The Hall–Kier alpha value is -1.93. The quantitative estimate of drug-likeness (QED) is 0.431. The normalized spacial score (nSPS) is 17.4. The number of carbonyl (C=O) groups is 1. The highest BCUT2D eigenvalue weighted by molar-refractivity contribution is 7.90. The van der Waals surface area contributed by atoms with Crippen molar-refractivity contribution in [3.05, 3.63) is 35.9 Å². The first-order chi connectivity index (χ1) is 11.9. The highest BCUT2D eigenvalue weighted by atomic mass is 32.2. The lowest BCUT2D eigenvalue weighted by molar-refractivity contribution is 0.0816. The highest BCUT2D eigenvalue weighted by Gasteiger charge is 2.26. The van der Waals surface area contributed by atoms with E-state index in [1.54, 1.807) is 0 Å². The molecule has 3 N–H and O–H groups in total. The van der Waals surface area contributed by atoms with Gasteiger partial charge in [0, 0.05) is 24.6 Å². The lowest BCUT2D eigenvalue weighted by Crippen LogP contribution is -2.50. The summed E-state index contributed by atoms with van der Waals surface area (Å²) >= 11 is 0. The molecule has 1 heterocycles. The van der Waals surface area contributed by atoms with Crippen LogP contribution in [0.3, 0.4) is 0 Å². The van der Waals surface area contributed by atoms with Gasteiger partial charge in [-0.1, -0.05) is 43.7 Å². The fourth-order valence-corrected chi connectivity index (χ4v) is 3.88. The zero-order valence-electron chi connectivity index (χ0n) is 14.5. The predicted octanol–water partition coefficient (Wildman–Crippen LogP) is 1.53. The topological polar surface area (TPSA) is 105 Å². The van der Waals surface area contributed by atoms with E-state index in [9.17, 15) is 13.2 Å². The zero-order chi connectivity index (χ0) is 18.3. The Morgan fingerprint density at radius 3 is 2.52 bits per heavy atom. The highest BCUT2D eigenvalue weighted by Crippen LogP contribution is 2.20. The maximum atomic E-state index is 12.4. The maximum absolute atomic E-state index is 12.4. The van der Waals surface area contributed by atoms with Crippen LogP contribution in [0.5, 0.6) is 0 Å². The van der Waals surface area contributed by atoms with Crippen molar-refractivity contribution in [2.45, 2.75) is 32.6 Å². The van der Waals surface area contributed by atoms with E-state index in [0.29, 0.717) is 32.4 Å². The summed E-state index contributed by atoms with van der Waals surface area (Å²) in [5.41, 5.74) is 9.25. The standard InChI is InChI=1S/C17H26N4O3S/c1-2-3-13-25(23,24)20-17(18)19-21-11-9-15(10-12-21)16(22)14-7-5-4-6-8-14/h4-8,15H,2-3,9-13H2,1H3,(H3,18,19,20). The molecule has 2 rings (SSSR count). The van der Waals surface area contributed by atoms with Crippen molar-refractivity contribution >= 4 is 21.8 Å². The van der Waals surface area contributed by atoms with Crippen molar-refractivity contribution in [3.63, 3.8) is 0 Å². The summed E-state index contributed by atoms with van der Waals surface area (Å²) in [6.07, 6.45) is 2.73. The summed E-state index contributed by atoms with van der Waals surface area (Å²) in [5.74, 6) is 0.0133. The van der Waals surface area contributed by atoms with Crippen LogP contribution < -0.4 is 11.2 Å². The molecule has 0 spiro atoms. The lowest BCUT2D eigenvalue weighted by atomic mass is 9.89. The molecular weight excluding hydrogens is 340 g/mol. The number of Topliss-reactive ketones (excluding diaryl/α,β-unsaturated/α-hetero) is 1. The van der Waals surface area contributed by atoms with E-state index in [0.717, 1.165) is 12.0 Å². The number of hydrogen-bond donors (Lipinski definition) is 2. The molecule has 0 aromatic heterocycles. The van der Waals surface area contributed by atoms with Gasteiger partial charge in [0.25, 0.3) is 10.0 Å². The van der Waals surface area contributed by atoms with Gasteiger partial charge in [-0.25, -0.2) is 13.4 Å². The molecule has 0 saturated carbocycles. The minimum atomic E-state index is -3.53. The van der Waals surface area contributed by atoms with Crippen molar-refractivity contribution in [1.29, 1.82) is 0 Å². The lowest BCUT2D eigenvalue weighted by Gasteiger charge is -2.31. The Balaban J connectivity index is 1.85. The summed E-state index contributed by atoms with van der Waals surface area (Å²) in [7, 11) is -3.53. The zero-order valence-corrected chi connectivity index (χ0v) is 15.3. The van der Waals surface area contributed by atoms with E-state index in [1.807, 2.05) is 42.3 Å². The Labute approximate surface area is 149 Å². The van der Waals surface area contributed by atoms with Crippen LogP contribution in [0, 0.1) is 5.92 Å². The van der Waals surface area contributed by atoms with Gasteiger partial charge in [0.05, 0.1) is 5.75 Å². The van der Waals surface area contributed by atoms with Gasteiger partial charge in [-0.05, 0) is 19.3 Å². The molecule has 25 heavy (non-hydrogen) atoms. The monoisotopic (exact) mass is 366 g/mol. The van der Waals surface area contributed by atoms with E-state index in [1.165, 1.54) is 0 Å². The number of benzene rings is 1. The predicted molar refractivity (Wildman–Crippen MR) is 98.5 cm³/mol. The van der Waals surface area contributed by atoms with Crippen LogP contribution in [0.1, 0.15) is 43.0 Å². The second-order valence-corrected chi connectivity index (χ2v) is 7.97. The second-order valence-electron chi connectivity index (χ2n) is 6.22. The van der Waals surface area contributed by atoms with Crippen LogP contribution in [-0.2, 0) is 10.0 Å². The van der Waals surface area contributed by atoms with Crippen LogP contribution >= 0.6 is 0 Å². The molecule has 1 saturated heterocycles. The number of ketones is 1. The number of guanidine groups is 1. The summed E-state index contributed by atoms with van der Waals surface area (Å²) in [6, 6.07) is 9.28. The number of carbonyl (C=O) groups excluding carboxylic acids is 1. The number of nitrogens with zero attached hydrogens (tertiary/aromatic N) is 2. The molecular formula is C17H26N4O3S. The van der Waals surface area contributed by atoms with E-state index >= 15 is 0 Å². The first-order valence-electron chi connectivity index (χ1n) is 8.60. The van der Waals surface area contributed by atoms with E-state index in [4.69, 9.17) is 5.73 Å². The van der Waals surface area contributed by atoms with Gasteiger partial charge in [-0.3, -0.25) is 10.2 Å². The molecule has 0 aliphatic carbocycles.